The fourth-order valence-electron chi connectivity index (χ4n) is 8.04. The van der Waals surface area contributed by atoms with E-state index >= 15 is 0 Å². The molecule has 0 N–H and O–H groups in total. The summed E-state index contributed by atoms with van der Waals surface area (Å²) in [6.45, 7) is 11.8. The van der Waals surface area contributed by atoms with Crippen molar-refractivity contribution in [2.45, 2.75) is 89.6 Å². The Morgan fingerprint density at radius 3 is 1.55 bits per heavy atom. The predicted octanol–water partition coefficient (Wildman–Crippen LogP) is 5.99. The SMILES string of the molecule is CCCC1=C(CCC)C(CCC)[C]([Zr+2](=[C](c2ccccc2)c2ccccc2)[CH]2c3cc(CC)ccc3-c3ccc(CC)cc32)=C1.[Cl-].[Cl-]. The largest absolute Gasteiger partial charge is 1.00 e. The smallest absolute Gasteiger partial charge is 1.00 e. The number of hydrogen-bond donors (Lipinski definition) is 0. The Morgan fingerprint density at radius 1 is 0.596 bits per heavy atom. The third-order valence-electron chi connectivity index (χ3n) is 10.1. The molecule has 4 aromatic rings. The molecule has 0 radical (unpaired) electrons. The second-order valence-corrected chi connectivity index (χ2v) is 19.1. The molecule has 3 heteroatoms. The molecule has 0 saturated heterocycles. The van der Waals surface area contributed by atoms with Crippen molar-refractivity contribution in [3.63, 3.8) is 0 Å². The summed E-state index contributed by atoms with van der Waals surface area (Å²) in [5.74, 6) is 0.588. The molecule has 244 valence electrons. The molecule has 0 heterocycles. The fourth-order valence-corrected chi connectivity index (χ4v) is 17.8. The maximum absolute atomic E-state index is 2.82. The van der Waals surface area contributed by atoms with E-state index in [-0.39, 0.29) is 24.8 Å². The summed E-state index contributed by atoms with van der Waals surface area (Å²) in [5, 5.41) is 0. The van der Waals surface area contributed by atoms with Gasteiger partial charge in [-0.25, -0.2) is 0 Å². The molecule has 0 aromatic heterocycles. The average Bonchev–Trinajstić information content (AvgIpc) is 3.58. The van der Waals surface area contributed by atoms with Crippen molar-refractivity contribution >= 4 is 3.21 Å². The van der Waals surface area contributed by atoms with E-state index in [2.05, 4.69) is 138 Å². The first kappa shape index (κ1) is 37.5. The third-order valence-corrected chi connectivity index (χ3v) is 18.5. The number of rotatable bonds is 12. The molecule has 0 aliphatic heterocycles. The predicted molar refractivity (Wildman–Crippen MR) is 192 cm³/mol. The van der Waals surface area contributed by atoms with Gasteiger partial charge in [-0.2, -0.15) is 0 Å². The Bertz CT molecular complexity index is 1650. The first-order valence-electron chi connectivity index (χ1n) is 17.7. The van der Waals surface area contributed by atoms with Crippen LogP contribution in [-0.2, 0) is 34.1 Å². The van der Waals surface area contributed by atoms with Crippen molar-refractivity contribution < 1.29 is 46.1 Å². The molecule has 1 atom stereocenters. The van der Waals surface area contributed by atoms with Gasteiger partial charge >= 0.3 is 282 Å². The van der Waals surface area contributed by atoms with E-state index in [1.54, 1.807) is 25.5 Å². The Labute approximate surface area is 304 Å². The topological polar surface area (TPSA) is 0 Å². The van der Waals surface area contributed by atoms with E-state index < -0.39 is 21.3 Å². The molecule has 0 nitrogen and oxygen atoms in total. The number of halogens is 2. The van der Waals surface area contributed by atoms with Crippen LogP contribution in [0.15, 0.2) is 118 Å². The van der Waals surface area contributed by atoms with Gasteiger partial charge < -0.3 is 24.8 Å². The normalized spacial score (nSPS) is 14.8. The molecule has 47 heavy (non-hydrogen) atoms. The molecule has 0 saturated carbocycles. The first-order valence-corrected chi connectivity index (χ1v) is 21.6. The van der Waals surface area contributed by atoms with E-state index in [0.717, 1.165) is 12.8 Å². The number of fused-ring (bicyclic) bond motifs is 3. The minimum absolute atomic E-state index is 0. The summed E-state index contributed by atoms with van der Waals surface area (Å²) in [6.07, 6.45) is 12.3. The number of hydrogen-bond acceptors (Lipinski definition) is 0. The van der Waals surface area contributed by atoms with E-state index in [4.69, 9.17) is 0 Å². The van der Waals surface area contributed by atoms with E-state index in [1.807, 2.05) is 3.28 Å². The standard InChI is InChI=1S/C17H17.C14H23.C13H10.2ClH.Zr/c1-3-12-5-7-16-14(9-12)11-15-10-13(4-2)6-8-17(15)16;1-4-7-12-10-11-13(8-5-2)14(12)9-6-3;1-3-7-12(8-4-1)11-13-9-5-2-6-10-13;;;/h5-11H,3-4H2,1-2H3;10,13H,4-9H2,1-3H3;1-10H;2*1H;/q;;;;;+2/p-2. The van der Waals surface area contributed by atoms with Gasteiger partial charge in [0, 0.05) is 0 Å². The number of benzene rings is 4. The van der Waals surface area contributed by atoms with Crippen LogP contribution in [-0.4, -0.2) is 3.21 Å². The van der Waals surface area contributed by atoms with Crippen molar-refractivity contribution in [1.82, 2.24) is 0 Å². The molecule has 1 unspecified atom stereocenters. The van der Waals surface area contributed by atoms with Gasteiger partial charge in [0.15, 0.2) is 0 Å². The Balaban J connectivity index is 0.00000250. The van der Waals surface area contributed by atoms with E-state index in [9.17, 15) is 0 Å². The first-order chi connectivity index (χ1) is 22.1. The van der Waals surface area contributed by atoms with Gasteiger partial charge in [0.2, 0.25) is 0 Å². The van der Waals surface area contributed by atoms with Crippen molar-refractivity contribution in [2.75, 3.05) is 0 Å². The molecule has 4 aromatic carbocycles. The molecule has 0 amide bonds. The van der Waals surface area contributed by atoms with Gasteiger partial charge in [-0.3, -0.25) is 0 Å². The van der Waals surface area contributed by atoms with Gasteiger partial charge in [-0.1, -0.05) is 0 Å². The molecule has 2 aliphatic carbocycles. The molecule has 2 aliphatic rings. The minimum atomic E-state index is -2.82. The zero-order valence-corrected chi connectivity index (χ0v) is 32.9. The van der Waals surface area contributed by atoms with Gasteiger partial charge in [0.1, 0.15) is 0 Å². The quantitative estimate of drug-likeness (QED) is 0.168. The zero-order valence-electron chi connectivity index (χ0n) is 28.9. The van der Waals surface area contributed by atoms with Crippen LogP contribution in [0.5, 0.6) is 0 Å². The van der Waals surface area contributed by atoms with Crippen molar-refractivity contribution in [1.29, 1.82) is 0 Å². The van der Waals surface area contributed by atoms with Crippen LogP contribution in [0.2, 0.25) is 0 Å². The monoisotopic (exact) mass is 738 g/mol. The molecule has 0 spiro atoms. The maximum atomic E-state index is 2.79. The second kappa shape index (κ2) is 17.4. The molecule has 6 rings (SSSR count). The Kier molecular flexibility index (Phi) is 13.9. The Morgan fingerprint density at radius 2 is 1.11 bits per heavy atom. The van der Waals surface area contributed by atoms with Crippen LogP contribution < -0.4 is 24.8 Å². The summed E-state index contributed by atoms with van der Waals surface area (Å²) >= 11 is -2.82. The van der Waals surface area contributed by atoms with Crippen LogP contribution in [0.3, 0.4) is 0 Å². The summed E-state index contributed by atoms with van der Waals surface area (Å²) in [4.78, 5) is 0. The van der Waals surface area contributed by atoms with Crippen molar-refractivity contribution in [3.8, 4) is 11.1 Å². The second-order valence-electron chi connectivity index (χ2n) is 13.0. The summed E-state index contributed by atoms with van der Waals surface area (Å²) in [7, 11) is 0. The van der Waals surface area contributed by atoms with Crippen LogP contribution in [0.25, 0.3) is 11.1 Å². The minimum Gasteiger partial charge on any atom is -1.00 e. The molecule has 0 bridgehead atoms. The van der Waals surface area contributed by atoms with Gasteiger partial charge in [-0.15, -0.1) is 0 Å². The molecule has 0 fully saturated rings. The van der Waals surface area contributed by atoms with Crippen LogP contribution in [0.4, 0.5) is 0 Å². The van der Waals surface area contributed by atoms with Crippen molar-refractivity contribution in [2.24, 2.45) is 5.92 Å². The van der Waals surface area contributed by atoms with E-state index in [1.165, 1.54) is 71.9 Å². The molecular formula is C44H50Cl2Zr. The number of aryl methyl sites for hydroxylation is 2. The van der Waals surface area contributed by atoms with Crippen molar-refractivity contribution in [3.05, 3.63) is 151 Å². The van der Waals surface area contributed by atoms with Crippen LogP contribution in [0, 0.1) is 5.92 Å². The van der Waals surface area contributed by atoms with E-state index in [0.29, 0.717) is 9.54 Å². The third kappa shape index (κ3) is 7.49. The summed E-state index contributed by atoms with van der Waals surface area (Å²) in [6, 6.07) is 37.9. The average molecular weight is 741 g/mol. The summed E-state index contributed by atoms with van der Waals surface area (Å²) in [5.41, 5.74) is 15.4. The zero-order chi connectivity index (χ0) is 31.3. The number of allylic oxidation sites excluding steroid dienone is 4. The molecular weight excluding hydrogens is 691 g/mol. The van der Waals surface area contributed by atoms with Crippen LogP contribution in [0.1, 0.15) is 110 Å². The fraction of sp³-hybridized carbons (Fsp3) is 0.341. The van der Waals surface area contributed by atoms with Gasteiger partial charge in [-0.05, 0) is 0 Å². The maximum Gasteiger partial charge on any atom is -1.00 e. The summed E-state index contributed by atoms with van der Waals surface area (Å²) < 4.78 is 3.98. The Hall–Kier alpha value is -2.31. The van der Waals surface area contributed by atoms with Gasteiger partial charge in [0.05, 0.1) is 0 Å². The van der Waals surface area contributed by atoms with Crippen LogP contribution >= 0.6 is 0 Å². The van der Waals surface area contributed by atoms with Gasteiger partial charge in [0.25, 0.3) is 0 Å².